The van der Waals surface area contributed by atoms with Crippen LogP contribution in [0, 0.1) is 0 Å². The molecule has 0 aliphatic rings. The van der Waals surface area contributed by atoms with Crippen molar-refractivity contribution in [2.45, 2.75) is 13.1 Å². The summed E-state index contributed by atoms with van der Waals surface area (Å²) in [6, 6.07) is 7.88. The molecular weight excluding hydrogens is 443 g/mol. The maximum absolute atomic E-state index is 12.7. The molecule has 0 aromatic heterocycles. The first-order chi connectivity index (χ1) is 13.2. The standard InChI is InChI=1S/C18H17BrF3N3O3/c1-2-27-15-6-11(14(19)8-16(15)28-10-17(23)26)9-24-25-13-5-3-4-12(7-13)18(20,21)22/h3-9,25H,2,10H2,1H3,(H2,23,26)/b24-9-. The predicted octanol–water partition coefficient (Wildman–Crippen LogP) is 4.18. The molecule has 0 bridgehead atoms. The number of amides is 1. The van der Waals surface area contributed by atoms with Crippen molar-refractivity contribution in [2.24, 2.45) is 10.8 Å². The number of hydrogen-bond donors (Lipinski definition) is 2. The van der Waals surface area contributed by atoms with Gasteiger partial charge in [-0.3, -0.25) is 10.2 Å². The summed E-state index contributed by atoms with van der Waals surface area (Å²) in [7, 11) is 0. The van der Waals surface area contributed by atoms with E-state index in [-0.39, 0.29) is 12.3 Å². The third-order valence-corrected chi connectivity index (χ3v) is 4.01. The van der Waals surface area contributed by atoms with Crippen LogP contribution in [0.5, 0.6) is 11.5 Å². The fourth-order valence-corrected chi connectivity index (χ4v) is 2.55. The average Bonchev–Trinajstić information content (AvgIpc) is 2.62. The molecule has 0 heterocycles. The molecule has 0 saturated heterocycles. The van der Waals surface area contributed by atoms with Gasteiger partial charge in [-0.25, -0.2) is 0 Å². The first kappa shape index (κ1) is 21.5. The summed E-state index contributed by atoms with van der Waals surface area (Å²) in [6.45, 7) is 1.83. The molecule has 150 valence electrons. The van der Waals surface area contributed by atoms with E-state index in [1.54, 1.807) is 19.1 Å². The molecule has 28 heavy (non-hydrogen) atoms. The largest absolute Gasteiger partial charge is 0.490 e. The molecule has 0 fully saturated rings. The Morgan fingerprint density at radius 3 is 2.61 bits per heavy atom. The molecule has 0 aliphatic heterocycles. The van der Waals surface area contributed by atoms with Crippen LogP contribution in [0.15, 0.2) is 46.0 Å². The Morgan fingerprint density at radius 1 is 1.25 bits per heavy atom. The summed E-state index contributed by atoms with van der Waals surface area (Å²) >= 11 is 3.34. The van der Waals surface area contributed by atoms with Crippen molar-refractivity contribution in [2.75, 3.05) is 18.6 Å². The summed E-state index contributed by atoms with van der Waals surface area (Å²) in [5, 5.41) is 3.96. The normalized spacial score (nSPS) is 11.5. The number of halogens is 4. The zero-order valence-corrected chi connectivity index (χ0v) is 16.3. The van der Waals surface area contributed by atoms with Gasteiger partial charge >= 0.3 is 6.18 Å². The van der Waals surface area contributed by atoms with Crippen molar-refractivity contribution in [1.29, 1.82) is 0 Å². The average molecular weight is 460 g/mol. The molecule has 2 aromatic carbocycles. The SMILES string of the molecule is CCOc1cc(/C=N\Nc2cccc(C(F)(F)F)c2)c(Br)cc1OCC(N)=O. The van der Waals surface area contributed by atoms with Gasteiger partial charge in [0.1, 0.15) is 0 Å². The molecule has 0 saturated carbocycles. The van der Waals surface area contributed by atoms with Crippen molar-refractivity contribution in [1.82, 2.24) is 0 Å². The summed E-state index contributed by atoms with van der Waals surface area (Å²) < 4.78 is 49.6. The molecule has 10 heteroatoms. The lowest BCUT2D eigenvalue weighted by Gasteiger charge is -2.13. The van der Waals surface area contributed by atoms with Gasteiger partial charge in [-0.15, -0.1) is 0 Å². The quantitative estimate of drug-likeness (QED) is 0.458. The van der Waals surface area contributed by atoms with Crippen LogP contribution >= 0.6 is 15.9 Å². The van der Waals surface area contributed by atoms with Crippen LogP contribution in [0.4, 0.5) is 18.9 Å². The monoisotopic (exact) mass is 459 g/mol. The van der Waals surface area contributed by atoms with Crippen LogP contribution in [-0.2, 0) is 11.0 Å². The Kier molecular flexibility index (Phi) is 7.27. The second-order valence-corrected chi connectivity index (χ2v) is 6.31. The molecule has 0 radical (unpaired) electrons. The van der Waals surface area contributed by atoms with Crippen LogP contribution in [0.1, 0.15) is 18.1 Å². The summed E-state index contributed by atoms with van der Waals surface area (Å²) in [4.78, 5) is 10.9. The van der Waals surface area contributed by atoms with E-state index in [4.69, 9.17) is 15.2 Å². The van der Waals surface area contributed by atoms with Crippen molar-refractivity contribution in [3.05, 3.63) is 52.0 Å². The van der Waals surface area contributed by atoms with Crippen molar-refractivity contribution >= 4 is 33.7 Å². The lowest BCUT2D eigenvalue weighted by Crippen LogP contribution is -2.20. The third-order valence-electron chi connectivity index (χ3n) is 3.32. The van der Waals surface area contributed by atoms with E-state index in [1.807, 2.05) is 0 Å². The topological polar surface area (TPSA) is 85.9 Å². The highest BCUT2D eigenvalue weighted by molar-refractivity contribution is 9.10. The number of nitrogens with zero attached hydrogens (tertiary/aromatic N) is 1. The van der Waals surface area contributed by atoms with Crippen molar-refractivity contribution in [3.63, 3.8) is 0 Å². The summed E-state index contributed by atoms with van der Waals surface area (Å²) in [5.41, 5.74) is 7.62. The van der Waals surface area contributed by atoms with Gasteiger partial charge in [-0.2, -0.15) is 18.3 Å². The van der Waals surface area contributed by atoms with Gasteiger partial charge in [0.05, 0.1) is 24.1 Å². The van der Waals surface area contributed by atoms with E-state index in [2.05, 4.69) is 26.5 Å². The minimum absolute atomic E-state index is 0.189. The fourth-order valence-electron chi connectivity index (χ4n) is 2.12. The second-order valence-electron chi connectivity index (χ2n) is 5.46. The molecule has 0 aliphatic carbocycles. The molecular formula is C18H17BrF3N3O3. The predicted molar refractivity (Wildman–Crippen MR) is 103 cm³/mol. The van der Waals surface area contributed by atoms with Gasteiger partial charge in [0.15, 0.2) is 18.1 Å². The maximum Gasteiger partial charge on any atom is 0.416 e. The van der Waals surface area contributed by atoms with E-state index < -0.39 is 17.6 Å². The summed E-state index contributed by atoms with van der Waals surface area (Å²) in [6.07, 6.45) is -3.03. The van der Waals surface area contributed by atoms with E-state index in [9.17, 15) is 18.0 Å². The van der Waals surface area contributed by atoms with Crippen LogP contribution in [0.25, 0.3) is 0 Å². The molecule has 2 rings (SSSR count). The first-order valence-electron chi connectivity index (χ1n) is 8.04. The minimum Gasteiger partial charge on any atom is -0.490 e. The Balaban J connectivity index is 2.19. The number of primary amides is 1. The van der Waals surface area contributed by atoms with Gasteiger partial charge < -0.3 is 15.2 Å². The van der Waals surface area contributed by atoms with Crippen LogP contribution in [0.3, 0.4) is 0 Å². The van der Waals surface area contributed by atoms with Gasteiger partial charge in [0, 0.05) is 10.0 Å². The summed E-state index contributed by atoms with van der Waals surface area (Å²) in [5.74, 6) is 0.0532. The number of benzene rings is 2. The van der Waals surface area contributed by atoms with E-state index in [1.165, 1.54) is 18.3 Å². The minimum atomic E-state index is -4.43. The smallest absolute Gasteiger partial charge is 0.416 e. The second kappa shape index (κ2) is 9.45. The van der Waals surface area contributed by atoms with Crippen LogP contribution in [0.2, 0.25) is 0 Å². The molecule has 0 spiro atoms. The van der Waals surface area contributed by atoms with Gasteiger partial charge in [0.2, 0.25) is 0 Å². The number of anilines is 1. The van der Waals surface area contributed by atoms with Gasteiger partial charge in [0.25, 0.3) is 5.91 Å². The zero-order valence-electron chi connectivity index (χ0n) is 14.7. The number of carbonyl (C=O) groups is 1. The number of ether oxygens (including phenoxy) is 2. The Morgan fingerprint density at radius 2 is 1.96 bits per heavy atom. The number of hydrogen-bond acceptors (Lipinski definition) is 5. The van der Waals surface area contributed by atoms with E-state index in [0.717, 1.165) is 12.1 Å². The highest BCUT2D eigenvalue weighted by Gasteiger charge is 2.30. The molecule has 6 nitrogen and oxygen atoms in total. The molecule has 0 atom stereocenters. The first-order valence-corrected chi connectivity index (χ1v) is 8.83. The highest BCUT2D eigenvalue weighted by Crippen LogP contribution is 2.33. The van der Waals surface area contributed by atoms with Gasteiger partial charge in [-0.05, 0) is 53.2 Å². The fraction of sp³-hybridized carbons (Fsp3) is 0.222. The van der Waals surface area contributed by atoms with Crippen LogP contribution in [-0.4, -0.2) is 25.3 Å². The third kappa shape index (κ3) is 6.15. The molecule has 3 N–H and O–H groups in total. The number of carbonyl (C=O) groups excluding carboxylic acids is 1. The Hall–Kier alpha value is -2.75. The van der Waals surface area contributed by atoms with E-state index >= 15 is 0 Å². The lowest BCUT2D eigenvalue weighted by molar-refractivity contribution is -0.137. The Labute approximate surface area is 167 Å². The molecule has 0 unspecified atom stereocenters. The number of rotatable bonds is 8. The zero-order chi connectivity index (χ0) is 20.7. The van der Waals surface area contributed by atoms with Gasteiger partial charge in [-0.1, -0.05) is 6.07 Å². The number of alkyl halides is 3. The van der Waals surface area contributed by atoms with Crippen molar-refractivity contribution in [3.8, 4) is 11.5 Å². The van der Waals surface area contributed by atoms with Crippen molar-refractivity contribution < 1.29 is 27.4 Å². The maximum atomic E-state index is 12.7. The Bertz CT molecular complexity index is 873. The van der Waals surface area contributed by atoms with E-state index in [0.29, 0.717) is 28.1 Å². The highest BCUT2D eigenvalue weighted by atomic mass is 79.9. The molecule has 2 aromatic rings. The lowest BCUT2D eigenvalue weighted by atomic mass is 10.2. The number of nitrogens with one attached hydrogen (secondary N) is 1. The number of hydrazone groups is 1. The van der Waals surface area contributed by atoms with Crippen LogP contribution < -0.4 is 20.6 Å². The molecule has 1 amide bonds. The number of nitrogens with two attached hydrogens (primary N) is 1.